The van der Waals surface area contributed by atoms with E-state index in [4.69, 9.17) is 11.6 Å². The number of nitrogens with zero attached hydrogens (tertiary/aromatic N) is 13. The molecule has 18 heterocycles. The van der Waals surface area contributed by atoms with Crippen LogP contribution in [0.5, 0.6) is 0 Å². The molecule has 6 N–H and O–H groups in total. The van der Waals surface area contributed by atoms with Gasteiger partial charge in [-0.05, 0) is 164 Å². The molecule has 18 aromatic heterocycles. The number of fused-ring (bicyclic) bond motifs is 6. The number of H-pyrrole nitrogens is 6. The van der Waals surface area contributed by atoms with Gasteiger partial charge in [-0.1, -0.05) is 174 Å². The number of benzene rings is 5. The molecule has 32 heteroatoms. The Morgan fingerprint density at radius 3 is 0.954 bits per heavy atom. The van der Waals surface area contributed by atoms with Crippen LogP contribution in [0.4, 0.5) is 0 Å². The number of hydrogen-bond acceptors (Lipinski definition) is 24. The number of nitrogens with one attached hydrogen (secondary N) is 6. The van der Waals surface area contributed by atoms with Crippen molar-refractivity contribution >= 4 is 141 Å². The average Bonchev–Trinajstić information content (AvgIpc) is 1.65. The highest BCUT2D eigenvalue weighted by atomic mass is 35.5. The van der Waals surface area contributed by atoms with E-state index in [2.05, 4.69) is 171 Å². The van der Waals surface area contributed by atoms with Crippen molar-refractivity contribution in [3.05, 3.63) is 387 Å². The predicted octanol–water partition coefficient (Wildman–Crippen LogP) is 21.8. The molecule has 23 rings (SSSR count). The van der Waals surface area contributed by atoms with Crippen LogP contribution in [0.25, 0.3) is 183 Å². The van der Waals surface area contributed by atoms with Crippen molar-refractivity contribution < 1.29 is 0 Å². The number of pyridine rings is 5. The standard InChI is InChI=1S/C18H12ClN3OS.3C18H13N3OS.C17H11N3OS.C10H8N4OS/c1-10-5-6-11(12(19)8-10)15-9-14-16(24-15)18(23)22-17(21-14)13-4-2-3-7-20-13;1-11-5-4-6-12(9-11)15-10-14-16(23-15)18(22)21-17(20-14)13-7-2-3-8-19-13;2*1-11-5-7-12(8-6-11)15-10-14-16(23-15)18(22)21-17(20-14)13-4-2-3-9-19-13;21-17-15-13(10-14(22-15)11-6-2-1-3-7-11)19-16(20-17)12-8-4-5-9-18-12;1-14-4-3-11-9(14)8-12-6-2-5-16-7(6)10(15)13-8/h2-9H,1H3,(H,21,22,23);3*2-10H,1H3,(H,20,21,22);1-10H,(H,19,20,21);2-5H,1H3,(H,12,13,15). The highest BCUT2D eigenvalue weighted by Crippen LogP contribution is 2.39. The summed E-state index contributed by atoms with van der Waals surface area (Å²) in [6, 6.07) is 79.9. The number of aryl methyl sites for hydroxylation is 5. The van der Waals surface area contributed by atoms with Crippen molar-refractivity contribution in [2.24, 2.45) is 7.05 Å². The number of rotatable bonds is 11. The molecule has 0 aliphatic carbocycles. The van der Waals surface area contributed by atoms with Crippen LogP contribution in [-0.2, 0) is 7.05 Å². The molecule has 0 atom stereocenters. The molecule has 25 nitrogen and oxygen atoms in total. The summed E-state index contributed by atoms with van der Waals surface area (Å²) in [5.74, 6) is 3.61. The van der Waals surface area contributed by atoms with E-state index in [-0.39, 0.29) is 33.4 Å². The van der Waals surface area contributed by atoms with Gasteiger partial charge in [-0.3, -0.25) is 53.7 Å². The van der Waals surface area contributed by atoms with Gasteiger partial charge in [0.1, 0.15) is 56.7 Å². The minimum absolute atomic E-state index is 0.113. The lowest BCUT2D eigenvalue weighted by Gasteiger charge is -2.01. The molecule has 0 unspecified atom stereocenters. The number of aromatic nitrogens is 19. The highest BCUT2D eigenvalue weighted by Gasteiger charge is 2.20. The van der Waals surface area contributed by atoms with Crippen LogP contribution in [0.1, 0.15) is 22.3 Å². The average molecular weight is 1850 g/mol. The van der Waals surface area contributed by atoms with Crippen LogP contribution in [0.15, 0.2) is 326 Å². The van der Waals surface area contributed by atoms with Crippen LogP contribution in [-0.4, -0.2) is 94.3 Å². The maximum absolute atomic E-state index is 12.4. The minimum Gasteiger partial charge on any atom is -0.331 e. The van der Waals surface area contributed by atoms with Crippen molar-refractivity contribution in [2.45, 2.75) is 27.7 Å². The van der Waals surface area contributed by atoms with Gasteiger partial charge in [-0.2, -0.15) is 0 Å². The molecule has 131 heavy (non-hydrogen) atoms. The number of aromatic amines is 6. The van der Waals surface area contributed by atoms with Gasteiger partial charge < -0.3 is 34.5 Å². The van der Waals surface area contributed by atoms with Gasteiger partial charge in [0.2, 0.25) is 0 Å². The molecule has 0 aliphatic rings. The summed E-state index contributed by atoms with van der Waals surface area (Å²) >= 11 is 15.0. The van der Waals surface area contributed by atoms with Crippen LogP contribution in [0, 0.1) is 27.7 Å². The van der Waals surface area contributed by atoms with E-state index in [1.807, 2.05) is 218 Å². The number of hydrogen-bond donors (Lipinski definition) is 6. The Labute approximate surface area is 772 Å². The Morgan fingerprint density at radius 2 is 0.595 bits per heavy atom. The topological polar surface area (TPSA) is 357 Å². The lowest BCUT2D eigenvalue weighted by atomic mass is 10.1. The maximum atomic E-state index is 12.4. The van der Waals surface area contributed by atoms with Crippen molar-refractivity contribution in [2.75, 3.05) is 0 Å². The van der Waals surface area contributed by atoms with Crippen molar-refractivity contribution in [3.8, 4) is 121 Å². The van der Waals surface area contributed by atoms with Gasteiger partial charge in [0.25, 0.3) is 33.4 Å². The smallest absolute Gasteiger partial charge is 0.269 e. The molecule has 0 spiro atoms. The highest BCUT2D eigenvalue weighted by molar-refractivity contribution is 7.23. The zero-order chi connectivity index (χ0) is 90.2. The number of halogens is 1. The van der Waals surface area contributed by atoms with Crippen LogP contribution >= 0.6 is 79.6 Å². The second kappa shape index (κ2) is 38.5. The fraction of sp³-hybridized carbons (Fsp3) is 0.0505. The first-order valence-electron chi connectivity index (χ1n) is 40.5. The molecule has 5 aromatic carbocycles. The minimum atomic E-state index is -0.167. The summed E-state index contributed by atoms with van der Waals surface area (Å²) in [4.78, 5) is 148. The molecule has 23 aromatic rings. The third-order valence-electron chi connectivity index (χ3n) is 20.2. The maximum Gasteiger partial charge on any atom is 0.269 e. The van der Waals surface area contributed by atoms with Gasteiger partial charge in [-0.25, -0.2) is 34.9 Å². The van der Waals surface area contributed by atoms with Crippen molar-refractivity contribution in [1.82, 2.24) is 94.3 Å². The van der Waals surface area contributed by atoms with Crippen molar-refractivity contribution in [3.63, 3.8) is 0 Å². The molecule has 0 radical (unpaired) electrons. The predicted molar refractivity (Wildman–Crippen MR) is 531 cm³/mol. The molecule has 0 fully saturated rings. The quantitative estimate of drug-likeness (QED) is 0.0700. The second-order valence-electron chi connectivity index (χ2n) is 29.6. The van der Waals surface area contributed by atoms with Crippen LogP contribution in [0.3, 0.4) is 0 Å². The first-order chi connectivity index (χ1) is 63.8. The monoisotopic (exact) mass is 1850 g/mol. The molecule has 0 amide bonds. The zero-order valence-electron chi connectivity index (χ0n) is 69.9. The summed E-state index contributed by atoms with van der Waals surface area (Å²) in [5.41, 5.74) is 16.7. The summed E-state index contributed by atoms with van der Waals surface area (Å²) in [5, 5.41) is 2.53. The molecule has 640 valence electrons. The van der Waals surface area contributed by atoms with E-state index in [0.717, 1.165) is 57.8 Å². The van der Waals surface area contributed by atoms with Gasteiger partial charge in [0.15, 0.2) is 40.8 Å². The first kappa shape index (κ1) is 86.1. The molecular weight excluding hydrogens is 1780 g/mol. The van der Waals surface area contributed by atoms with Crippen LogP contribution < -0.4 is 33.4 Å². The van der Waals surface area contributed by atoms with E-state index >= 15 is 0 Å². The largest absolute Gasteiger partial charge is 0.331 e. The van der Waals surface area contributed by atoms with Gasteiger partial charge in [-0.15, -0.1) is 68.0 Å². The summed E-state index contributed by atoms with van der Waals surface area (Å²) in [6.45, 7) is 8.16. The lowest BCUT2D eigenvalue weighted by molar-refractivity contribution is 0.907. The molecular formula is C99H70ClN19O6S6. The second-order valence-corrected chi connectivity index (χ2v) is 36.2. The van der Waals surface area contributed by atoms with E-state index < -0.39 is 0 Å². The fourth-order valence-electron chi connectivity index (χ4n) is 13.8. The SMILES string of the molecule is Cc1ccc(-c2cc3nc(-c4ccccn4)[nH]c(=O)c3s2)c(Cl)c1.Cc1ccc(-c2cc3nc(-c4ccccn4)[nH]c(=O)c3s2)cc1.Cc1ccc(-c2cc3nc(-c4ccccn4)[nH]c(=O)c3s2)cc1.Cc1cccc(-c2cc3nc(-c4ccccn4)[nH]c(=O)c3s2)c1.Cn1ccnc1-c1nc2ccsc2c(=O)[nH]1.O=c1[nH]c(-c2ccccn2)nc2cc(-c3ccccc3)sc12. The third-order valence-corrected chi connectivity index (χ3v) is 27.3. The normalized spacial score (nSPS) is 11.0. The molecule has 0 bridgehead atoms. The molecule has 0 aliphatic heterocycles. The Kier molecular flexibility index (Phi) is 25.3. The zero-order valence-corrected chi connectivity index (χ0v) is 75.5. The summed E-state index contributed by atoms with van der Waals surface area (Å²) < 4.78 is 5.61. The number of thiophene rings is 6. The lowest BCUT2D eigenvalue weighted by Crippen LogP contribution is -2.09. The Bertz CT molecular complexity index is 8300. The van der Waals surface area contributed by atoms with Crippen molar-refractivity contribution in [1.29, 1.82) is 0 Å². The van der Waals surface area contributed by atoms with E-state index in [0.29, 0.717) is 136 Å². The van der Waals surface area contributed by atoms with E-state index in [9.17, 15) is 28.8 Å². The molecule has 0 saturated carbocycles. The fourth-order valence-corrected chi connectivity index (χ4v) is 19.9. The van der Waals surface area contributed by atoms with Gasteiger partial charge >= 0.3 is 0 Å². The Balaban J connectivity index is 0.000000106. The third kappa shape index (κ3) is 19.6. The van der Waals surface area contributed by atoms with E-state index in [1.165, 1.54) is 84.7 Å². The summed E-state index contributed by atoms with van der Waals surface area (Å²) in [7, 11) is 1.86. The van der Waals surface area contributed by atoms with Gasteiger partial charge in [0, 0.05) is 85.4 Å². The molecule has 0 saturated heterocycles. The van der Waals surface area contributed by atoms with Crippen LogP contribution in [0.2, 0.25) is 5.02 Å². The summed E-state index contributed by atoms with van der Waals surface area (Å²) in [6.07, 6.45) is 11.9. The Morgan fingerprint density at radius 1 is 0.275 bits per heavy atom. The number of imidazole rings is 1. The first-order valence-corrected chi connectivity index (χ1v) is 45.9. The van der Waals surface area contributed by atoms with Gasteiger partial charge in [0.05, 0.1) is 33.1 Å². The Hall–Kier alpha value is -15.6. The van der Waals surface area contributed by atoms with E-state index in [1.54, 1.807) is 37.2 Å².